The monoisotopic (exact) mass is 242 g/mol. The van der Waals surface area contributed by atoms with Crippen LogP contribution in [0.5, 0.6) is 0 Å². The van der Waals surface area contributed by atoms with Crippen LogP contribution in [0, 0.1) is 6.92 Å². The fourth-order valence-electron chi connectivity index (χ4n) is 2.03. The third-order valence-electron chi connectivity index (χ3n) is 2.72. The molecule has 0 saturated carbocycles. The number of aliphatic hydroxyl groups excluding tert-OH is 1. The molecule has 1 aromatic heterocycles. The van der Waals surface area contributed by atoms with Crippen molar-refractivity contribution >= 4 is 16.5 Å². The standard InChI is InChI=1S/C11H18N2O2S/c1-7-4-13(5-8(2)15-7)11-12-9(3)10(6-14)16-11/h7-8,14H,4-6H2,1-3H3/t7-,8+. The highest BCUT2D eigenvalue weighted by atomic mass is 32.1. The second kappa shape index (κ2) is 4.69. The second-order valence-electron chi connectivity index (χ2n) is 4.33. The molecule has 1 fully saturated rings. The maximum Gasteiger partial charge on any atom is 0.186 e. The van der Waals surface area contributed by atoms with Crippen molar-refractivity contribution in [1.82, 2.24) is 4.98 Å². The van der Waals surface area contributed by atoms with E-state index in [2.05, 4.69) is 23.7 Å². The third kappa shape index (κ3) is 2.36. The number of hydrogen-bond acceptors (Lipinski definition) is 5. The third-order valence-corrected chi connectivity index (χ3v) is 3.92. The molecular formula is C11H18N2O2S. The van der Waals surface area contributed by atoms with E-state index in [9.17, 15) is 0 Å². The lowest BCUT2D eigenvalue weighted by molar-refractivity contribution is -0.00523. The summed E-state index contributed by atoms with van der Waals surface area (Å²) < 4.78 is 5.69. The molecule has 1 N–H and O–H groups in total. The second-order valence-corrected chi connectivity index (χ2v) is 5.39. The topological polar surface area (TPSA) is 45.6 Å². The van der Waals surface area contributed by atoms with Crippen molar-refractivity contribution in [3.63, 3.8) is 0 Å². The smallest absolute Gasteiger partial charge is 0.186 e. The minimum atomic E-state index is 0.0823. The van der Waals surface area contributed by atoms with Gasteiger partial charge in [-0.05, 0) is 20.8 Å². The van der Waals surface area contributed by atoms with Crippen molar-refractivity contribution in [2.75, 3.05) is 18.0 Å². The highest BCUT2D eigenvalue weighted by Gasteiger charge is 2.24. The molecule has 1 aromatic rings. The Kier molecular flexibility index (Phi) is 3.47. The summed E-state index contributed by atoms with van der Waals surface area (Å²) in [4.78, 5) is 7.71. The highest BCUT2D eigenvalue weighted by molar-refractivity contribution is 7.15. The van der Waals surface area contributed by atoms with E-state index >= 15 is 0 Å². The number of nitrogens with zero attached hydrogens (tertiary/aromatic N) is 2. The van der Waals surface area contributed by atoms with Crippen LogP contribution in [0.1, 0.15) is 24.4 Å². The molecule has 0 unspecified atom stereocenters. The first-order valence-electron chi connectivity index (χ1n) is 5.57. The van der Waals surface area contributed by atoms with E-state index < -0.39 is 0 Å². The fraction of sp³-hybridized carbons (Fsp3) is 0.727. The molecule has 2 atom stereocenters. The summed E-state index contributed by atoms with van der Waals surface area (Å²) in [5.41, 5.74) is 0.939. The molecule has 0 bridgehead atoms. The van der Waals surface area contributed by atoms with Gasteiger partial charge in [0.25, 0.3) is 0 Å². The minimum Gasteiger partial charge on any atom is -0.391 e. The Morgan fingerprint density at radius 1 is 1.44 bits per heavy atom. The van der Waals surface area contributed by atoms with Gasteiger partial charge in [0.15, 0.2) is 5.13 Å². The number of morpholine rings is 1. The lowest BCUT2D eigenvalue weighted by Crippen LogP contribution is -2.45. The van der Waals surface area contributed by atoms with Gasteiger partial charge in [0.05, 0.1) is 29.4 Å². The van der Waals surface area contributed by atoms with Crippen molar-refractivity contribution in [2.24, 2.45) is 0 Å². The number of ether oxygens (including phenoxy) is 1. The van der Waals surface area contributed by atoms with Gasteiger partial charge >= 0.3 is 0 Å². The van der Waals surface area contributed by atoms with Crippen LogP contribution in [0.15, 0.2) is 0 Å². The summed E-state index contributed by atoms with van der Waals surface area (Å²) in [7, 11) is 0. The summed E-state index contributed by atoms with van der Waals surface area (Å²) in [6.45, 7) is 7.94. The summed E-state index contributed by atoms with van der Waals surface area (Å²) in [5.74, 6) is 0. The van der Waals surface area contributed by atoms with Gasteiger partial charge in [-0.25, -0.2) is 4.98 Å². The average molecular weight is 242 g/mol. The van der Waals surface area contributed by atoms with Gasteiger partial charge in [-0.15, -0.1) is 0 Å². The zero-order chi connectivity index (χ0) is 11.7. The highest BCUT2D eigenvalue weighted by Crippen LogP contribution is 2.28. The Labute approximate surface area is 99.9 Å². The van der Waals surface area contributed by atoms with E-state index in [4.69, 9.17) is 9.84 Å². The Morgan fingerprint density at radius 2 is 2.06 bits per heavy atom. The van der Waals surface area contributed by atoms with Gasteiger partial charge in [-0.1, -0.05) is 11.3 Å². The lowest BCUT2D eigenvalue weighted by Gasteiger charge is -2.35. The molecule has 0 aliphatic carbocycles. The largest absolute Gasteiger partial charge is 0.391 e. The Hall–Kier alpha value is -0.650. The normalized spacial score (nSPS) is 26.1. The number of aromatic nitrogens is 1. The average Bonchev–Trinajstić information content (AvgIpc) is 2.58. The molecule has 1 aliphatic rings. The van der Waals surface area contributed by atoms with Gasteiger partial charge in [0.2, 0.25) is 0 Å². The van der Waals surface area contributed by atoms with Crippen LogP contribution < -0.4 is 4.90 Å². The van der Waals surface area contributed by atoms with E-state index in [0.29, 0.717) is 0 Å². The summed E-state index contributed by atoms with van der Waals surface area (Å²) >= 11 is 1.58. The number of aryl methyl sites for hydroxylation is 1. The minimum absolute atomic E-state index is 0.0823. The summed E-state index contributed by atoms with van der Waals surface area (Å²) in [6, 6.07) is 0. The van der Waals surface area contributed by atoms with Crippen molar-refractivity contribution < 1.29 is 9.84 Å². The lowest BCUT2D eigenvalue weighted by atomic mass is 10.2. The van der Waals surface area contributed by atoms with Gasteiger partial charge in [0, 0.05) is 13.1 Å². The molecule has 1 saturated heterocycles. The van der Waals surface area contributed by atoms with Crippen LogP contribution in [-0.4, -0.2) is 35.4 Å². The molecular weight excluding hydrogens is 224 g/mol. The van der Waals surface area contributed by atoms with Crippen LogP contribution in [0.25, 0.3) is 0 Å². The fourth-order valence-corrected chi connectivity index (χ4v) is 2.97. The van der Waals surface area contributed by atoms with Crippen molar-refractivity contribution in [3.05, 3.63) is 10.6 Å². The predicted molar refractivity (Wildman–Crippen MR) is 65.0 cm³/mol. The molecule has 5 heteroatoms. The van der Waals surface area contributed by atoms with Crippen molar-refractivity contribution in [1.29, 1.82) is 0 Å². The molecule has 2 rings (SSSR count). The summed E-state index contributed by atoms with van der Waals surface area (Å²) in [6.07, 6.45) is 0.482. The zero-order valence-corrected chi connectivity index (χ0v) is 10.8. The first-order valence-corrected chi connectivity index (χ1v) is 6.39. The van der Waals surface area contributed by atoms with E-state index in [1.54, 1.807) is 11.3 Å². The van der Waals surface area contributed by atoms with Crippen molar-refractivity contribution in [2.45, 2.75) is 39.6 Å². The molecule has 0 spiro atoms. The van der Waals surface area contributed by atoms with Gasteiger partial charge < -0.3 is 14.7 Å². The maximum atomic E-state index is 9.16. The van der Waals surface area contributed by atoms with E-state index in [-0.39, 0.29) is 18.8 Å². The molecule has 16 heavy (non-hydrogen) atoms. The summed E-state index contributed by atoms with van der Waals surface area (Å²) in [5, 5.41) is 10.2. The SMILES string of the molecule is Cc1nc(N2C[C@@H](C)O[C@@H](C)C2)sc1CO. The molecule has 0 aromatic carbocycles. The van der Waals surface area contributed by atoms with E-state index in [1.165, 1.54) is 0 Å². The molecule has 4 nitrogen and oxygen atoms in total. The van der Waals surface area contributed by atoms with Gasteiger partial charge in [-0.3, -0.25) is 0 Å². The first-order chi connectivity index (χ1) is 7.60. The van der Waals surface area contributed by atoms with Crippen LogP contribution >= 0.6 is 11.3 Å². The van der Waals surface area contributed by atoms with Gasteiger partial charge in [-0.2, -0.15) is 0 Å². The van der Waals surface area contributed by atoms with Crippen molar-refractivity contribution in [3.8, 4) is 0 Å². The quantitative estimate of drug-likeness (QED) is 0.855. The zero-order valence-electron chi connectivity index (χ0n) is 9.93. The number of anilines is 1. The number of hydrogen-bond donors (Lipinski definition) is 1. The number of aliphatic hydroxyl groups is 1. The van der Waals surface area contributed by atoms with Crippen LogP contribution in [0.2, 0.25) is 0 Å². The Bertz CT molecular complexity index is 357. The molecule has 2 heterocycles. The Balaban J connectivity index is 2.16. The Morgan fingerprint density at radius 3 is 2.56 bits per heavy atom. The predicted octanol–water partition coefficient (Wildman–Crippen LogP) is 1.56. The van der Waals surface area contributed by atoms with Gasteiger partial charge in [0.1, 0.15) is 0 Å². The molecule has 0 radical (unpaired) electrons. The van der Waals surface area contributed by atoms with E-state index in [1.807, 2.05) is 6.92 Å². The van der Waals surface area contributed by atoms with Crippen LogP contribution in [-0.2, 0) is 11.3 Å². The first kappa shape index (κ1) is 11.8. The number of thiazole rings is 1. The van der Waals surface area contributed by atoms with Crippen LogP contribution in [0.3, 0.4) is 0 Å². The molecule has 0 amide bonds. The molecule has 90 valence electrons. The maximum absolute atomic E-state index is 9.16. The molecule has 1 aliphatic heterocycles. The van der Waals surface area contributed by atoms with Crippen LogP contribution in [0.4, 0.5) is 5.13 Å². The number of rotatable bonds is 2. The van der Waals surface area contributed by atoms with E-state index in [0.717, 1.165) is 28.8 Å².